The number of benzene rings is 1. The molecule has 0 aliphatic rings. The van der Waals surface area contributed by atoms with Gasteiger partial charge in [-0.1, -0.05) is 0 Å². The van der Waals surface area contributed by atoms with Gasteiger partial charge in [0.1, 0.15) is 0 Å². The first-order valence-corrected chi connectivity index (χ1v) is 8.80. The highest BCUT2D eigenvalue weighted by Crippen LogP contribution is 2.11. The zero-order valence-electron chi connectivity index (χ0n) is 13.5. The van der Waals surface area contributed by atoms with Gasteiger partial charge in [0.2, 0.25) is 10.0 Å². The Morgan fingerprint density at radius 3 is 2.50 bits per heavy atom. The van der Waals surface area contributed by atoms with Gasteiger partial charge in [-0.2, -0.15) is 5.10 Å². The summed E-state index contributed by atoms with van der Waals surface area (Å²) in [6, 6.07) is 7.46. The SMILES string of the molecule is Cc1cc(CNC(=O)c2ccc(S(=O)(=O)NCCO)cc2)n(C)n1. The predicted molar refractivity (Wildman–Crippen MR) is 87.8 cm³/mol. The molecule has 0 bridgehead atoms. The monoisotopic (exact) mass is 352 g/mol. The fourth-order valence-electron chi connectivity index (χ4n) is 2.15. The van der Waals surface area contributed by atoms with Crippen LogP contribution in [0, 0.1) is 6.92 Å². The molecule has 0 unspecified atom stereocenters. The number of hydrogen-bond acceptors (Lipinski definition) is 5. The van der Waals surface area contributed by atoms with Gasteiger partial charge in [-0.3, -0.25) is 9.48 Å². The lowest BCUT2D eigenvalue weighted by Crippen LogP contribution is -2.27. The average molecular weight is 352 g/mol. The maximum Gasteiger partial charge on any atom is 0.251 e. The highest BCUT2D eigenvalue weighted by atomic mass is 32.2. The number of aromatic nitrogens is 2. The first-order chi connectivity index (χ1) is 11.3. The second-order valence-electron chi connectivity index (χ2n) is 5.23. The van der Waals surface area contributed by atoms with Gasteiger partial charge >= 0.3 is 0 Å². The number of hydrogen-bond donors (Lipinski definition) is 3. The number of aliphatic hydroxyl groups excluding tert-OH is 1. The van der Waals surface area contributed by atoms with Gasteiger partial charge in [0.15, 0.2) is 0 Å². The van der Waals surface area contributed by atoms with Crippen molar-refractivity contribution in [3.8, 4) is 0 Å². The largest absolute Gasteiger partial charge is 0.395 e. The van der Waals surface area contributed by atoms with Gasteiger partial charge < -0.3 is 10.4 Å². The van der Waals surface area contributed by atoms with Crippen LogP contribution in [0.3, 0.4) is 0 Å². The lowest BCUT2D eigenvalue weighted by Gasteiger charge is -2.08. The third-order valence-electron chi connectivity index (χ3n) is 3.36. The number of carbonyl (C=O) groups is 1. The number of aryl methyl sites for hydroxylation is 2. The van der Waals surface area contributed by atoms with Gasteiger partial charge in [-0.05, 0) is 37.3 Å². The van der Waals surface area contributed by atoms with Crippen LogP contribution < -0.4 is 10.0 Å². The van der Waals surface area contributed by atoms with E-state index >= 15 is 0 Å². The number of rotatable bonds is 7. The maximum absolute atomic E-state index is 12.1. The Morgan fingerprint density at radius 2 is 1.96 bits per heavy atom. The molecule has 24 heavy (non-hydrogen) atoms. The van der Waals surface area contributed by atoms with E-state index in [1.165, 1.54) is 24.3 Å². The van der Waals surface area contributed by atoms with E-state index in [-0.39, 0.29) is 24.0 Å². The van der Waals surface area contributed by atoms with Crippen LogP contribution in [0.5, 0.6) is 0 Å². The Morgan fingerprint density at radius 1 is 1.29 bits per heavy atom. The molecule has 1 aromatic heterocycles. The van der Waals surface area contributed by atoms with Crippen LogP contribution in [0.25, 0.3) is 0 Å². The van der Waals surface area contributed by atoms with Crippen LogP contribution in [0.2, 0.25) is 0 Å². The standard InChI is InChI=1S/C15H20N4O4S/c1-11-9-13(19(2)18-11)10-16-15(21)12-3-5-14(6-4-12)24(22,23)17-7-8-20/h3-6,9,17,20H,7-8,10H2,1-2H3,(H,16,21). The summed E-state index contributed by atoms with van der Waals surface area (Å²) < 4.78 is 27.7. The van der Waals surface area contributed by atoms with Crippen molar-refractivity contribution in [2.24, 2.45) is 7.05 Å². The van der Waals surface area contributed by atoms with Crippen molar-refractivity contribution in [3.63, 3.8) is 0 Å². The van der Waals surface area contributed by atoms with Gasteiger partial charge in [-0.15, -0.1) is 0 Å². The smallest absolute Gasteiger partial charge is 0.251 e. The molecular formula is C15H20N4O4S. The molecule has 9 heteroatoms. The van der Waals surface area contributed by atoms with Crippen LogP contribution in [0.4, 0.5) is 0 Å². The van der Waals surface area contributed by atoms with Gasteiger partial charge in [0.25, 0.3) is 5.91 Å². The number of nitrogens with zero attached hydrogens (tertiary/aromatic N) is 2. The Labute approximate surface area is 140 Å². The van der Waals surface area contributed by atoms with Crippen molar-refractivity contribution in [1.82, 2.24) is 19.8 Å². The summed E-state index contributed by atoms with van der Waals surface area (Å²) in [4.78, 5) is 12.2. The van der Waals surface area contributed by atoms with E-state index in [2.05, 4.69) is 15.1 Å². The molecule has 0 atom stereocenters. The number of aliphatic hydroxyl groups is 1. The molecule has 0 saturated heterocycles. The van der Waals surface area contributed by atoms with Gasteiger partial charge in [-0.25, -0.2) is 13.1 Å². The second kappa shape index (κ2) is 7.56. The number of carbonyl (C=O) groups excluding carboxylic acids is 1. The van der Waals surface area contributed by atoms with Crippen LogP contribution in [0.15, 0.2) is 35.2 Å². The van der Waals surface area contributed by atoms with E-state index in [1.54, 1.807) is 11.7 Å². The summed E-state index contributed by atoms with van der Waals surface area (Å²) in [5.74, 6) is -0.305. The van der Waals surface area contributed by atoms with Crippen LogP contribution in [-0.2, 0) is 23.6 Å². The topological polar surface area (TPSA) is 113 Å². The fourth-order valence-corrected chi connectivity index (χ4v) is 3.17. The third kappa shape index (κ3) is 4.40. The van der Waals surface area contributed by atoms with E-state index in [4.69, 9.17) is 5.11 Å². The van der Waals surface area contributed by atoms with Crippen molar-refractivity contribution >= 4 is 15.9 Å². The van der Waals surface area contributed by atoms with E-state index in [0.717, 1.165) is 11.4 Å². The van der Waals surface area contributed by atoms with Crippen LogP contribution in [-0.4, -0.2) is 42.4 Å². The van der Waals surface area contributed by atoms with E-state index < -0.39 is 10.0 Å². The molecule has 2 rings (SSSR count). The van der Waals surface area contributed by atoms with Crippen LogP contribution >= 0.6 is 0 Å². The van der Waals surface area contributed by atoms with Crippen LogP contribution in [0.1, 0.15) is 21.7 Å². The van der Waals surface area contributed by atoms with Gasteiger partial charge in [0.05, 0.1) is 29.4 Å². The lowest BCUT2D eigenvalue weighted by molar-refractivity contribution is 0.0950. The molecule has 0 aliphatic carbocycles. The Hall–Kier alpha value is -2.23. The summed E-state index contributed by atoms with van der Waals surface area (Å²) in [6.07, 6.45) is 0. The molecule has 8 nitrogen and oxygen atoms in total. The molecule has 0 fully saturated rings. The highest BCUT2D eigenvalue weighted by molar-refractivity contribution is 7.89. The van der Waals surface area contributed by atoms with Crippen molar-refractivity contribution in [2.75, 3.05) is 13.2 Å². The summed E-state index contributed by atoms with van der Waals surface area (Å²) in [7, 11) is -1.88. The molecule has 0 radical (unpaired) electrons. The van der Waals surface area contributed by atoms with E-state index in [1.807, 2.05) is 13.0 Å². The number of sulfonamides is 1. The predicted octanol–water partition coefficient (Wildman–Crippen LogP) is -0.0709. The Balaban J connectivity index is 2.02. The molecule has 0 spiro atoms. The number of amides is 1. The zero-order valence-corrected chi connectivity index (χ0v) is 14.3. The minimum Gasteiger partial charge on any atom is -0.395 e. The number of nitrogens with one attached hydrogen (secondary N) is 2. The van der Waals surface area contributed by atoms with Crippen molar-refractivity contribution in [2.45, 2.75) is 18.4 Å². The third-order valence-corrected chi connectivity index (χ3v) is 4.84. The van der Waals surface area contributed by atoms with Gasteiger partial charge in [0, 0.05) is 19.2 Å². The minimum absolute atomic E-state index is 0.0368. The van der Waals surface area contributed by atoms with E-state index in [9.17, 15) is 13.2 Å². The average Bonchev–Trinajstić information content (AvgIpc) is 2.88. The fraction of sp³-hybridized carbons (Fsp3) is 0.333. The molecule has 0 aliphatic heterocycles. The summed E-state index contributed by atoms with van der Waals surface area (Å²) in [5.41, 5.74) is 2.09. The highest BCUT2D eigenvalue weighted by Gasteiger charge is 2.14. The zero-order chi connectivity index (χ0) is 17.7. The Bertz CT molecular complexity index is 812. The summed E-state index contributed by atoms with van der Waals surface area (Å²) in [6.45, 7) is 1.85. The molecular weight excluding hydrogens is 332 g/mol. The summed E-state index contributed by atoms with van der Waals surface area (Å²) in [5, 5.41) is 15.6. The first kappa shape index (κ1) is 18.1. The maximum atomic E-state index is 12.1. The second-order valence-corrected chi connectivity index (χ2v) is 7.00. The van der Waals surface area contributed by atoms with Crippen molar-refractivity contribution < 1.29 is 18.3 Å². The normalized spacial score (nSPS) is 11.5. The molecule has 1 heterocycles. The quantitative estimate of drug-likeness (QED) is 0.645. The molecule has 2 aromatic rings. The molecule has 3 N–H and O–H groups in total. The molecule has 130 valence electrons. The van der Waals surface area contributed by atoms with Crippen molar-refractivity contribution in [3.05, 3.63) is 47.3 Å². The summed E-state index contributed by atoms with van der Waals surface area (Å²) >= 11 is 0. The van der Waals surface area contributed by atoms with E-state index in [0.29, 0.717) is 12.1 Å². The first-order valence-electron chi connectivity index (χ1n) is 7.32. The van der Waals surface area contributed by atoms with Crippen molar-refractivity contribution in [1.29, 1.82) is 0 Å². The molecule has 1 aromatic carbocycles. The Kier molecular flexibility index (Phi) is 5.71. The molecule has 1 amide bonds. The minimum atomic E-state index is -3.68. The molecule has 0 saturated carbocycles. The lowest BCUT2D eigenvalue weighted by atomic mass is 10.2.